The molecule has 2 aromatic rings. The lowest BCUT2D eigenvalue weighted by Crippen LogP contribution is -2.39. The number of H-pyrrole nitrogens is 1. The zero-order valence-corrected chi connectivity index (χ0v) is 16.9. The highest BCUT2D eigenvalue weighted by molar-refractivity contribution is 6.02. The van der Waals surface area contributed by atoms with Gasteiger partial charge < -0.3 is 9.69 Å². The van der Waals surface area contributed by atoms with E-state index < -0.39 is 0 Å². The van der Waals surface area contributed by atoms with E-state index in [0.717, 1.165) is 55.5 Å². The van der Waals surface area contributed by atoms with Crippen LogP contribution in [0.2, 0.25) is 0 Å². The zero-order valence-electron chi connectivity index (χ0n) is 16.9. The number of aromatic nitrogens is 2. The first-order valence-corrected chi connectivity index (χ1v) is 10.5. The van der Waals surface area contributed by atoms with Crippen LogP contribution in [-0.2, 0) is 14.4 Å². The summed E-state index contributed by atoms with van der Waals surface area (Å²) in [5, 5.41) is 10.9. The fraction of sp³-hybridized carbons (Fsp3) is 0.545. The van der Waals surface area contributed by atoms with E-state index in [0.29, 0.717) is 25.2 Å². The van der Waals surface area contributed by atoms with Gasteiger partial charge in [0.2, 0.25) is 11.8 Å². The van der Waals surface area contributed by atoms with Crippen LogP contribution in [0.1, 0.15) is 68.5 Å². The van der Waals surface area contributed by atoms with Crippen LogP contribution in [-0.4, -0.2) is 52.3 Å². The Balaban J connectivity index is 1.41. The number of carbonyl (C=O) groups excluding carboxylic acids is 3. The Labute approximate surface area is 170 Å². The first-order chi connectivity index (χ1) is 14.0. The largest absolute Gasteiger partial charge is 0.303 e. The van der Waals surface area contributed by atoms with Crippen molar-refractivity contribution >= 4 is 28.5 Å². The van der Waals surface area contributed by atoms with E-state index in [1.54, 1.807) is 6.92 Å². The number of benzene rings is 1. The summed E-state index contributed by atoms with van der Waals surface area (Å²) in [4.78, 5) is 37.2. The molecule has 4 rings (SSSR count). The highest BCUT2D eigenvalue weighted by Gasteiger charge is 2.31. The molecular formula is C22H28N4O3. The lowest BCUT2D eigenvalue weighted by molar-refractivity contribution is -0.134. The van der Waals surface area contributed by atoms with Crippen LogP contribution in [0.4, 0.5) is 0 Å². The van der Waals surface area contributed by atoms with Crippen LogP contribution in [0.25, 0.3) is 10.9 Å². The fourth-order valence-electron chi connectivity index (χ4n) is 4.58. The minimum absolute atomic E-state index is 0.204. The first-order valence-electron chi connectivity index (χ1n) is 10.5. The van der Waals surface area contributed by atoms with Crippen LogP contribution in [0.3, 0.4) is 0 Å². The standard InChI is InChI=1S/C22H28N4O3/c1-14(27)3-2-10-26-11-8-15(9-12-26)16-4-5-17-19(13-16)24-25-21(17)18-6-7-20(28)23-22(18)29/h4-5,13,15,18H,2-3,6-12H2,1H3,(H,24,25)(H,23,28,29). The van der Waals surface area contributed by atoms with Crippen molar-refractivity contribution in [3.8, 4) is 0 Å². The molecule has 0 spiro atoms. The molecule has 7 nitrogen and oxygen atoms in total. The molecule has 1 atom stereocenters. The van der Waals surface area contributed by atoms with Crippen LogP contribution in [0.5, 0.6) is 0 Å². The maximum atomic E-state index is 12.2. The van der Waals surface area contributed by atoms with E-state index in [4.69, 9.17) is 0 Å². The number of fused-ring (bicyclic) bond motifs is 1. The summed E-state index contributed by atoms with van der Waals surface area (Å²) in [7, 11) is 0. The van der Waals surface area contributed by atoms with Gasteiger partial charge in [-0.25, -0.2) is 0 Å². The normalized spacial score (nSPS) is 21.5. The maximum absolute atomic E-state index is 12.2. The van der Waals surface area contributed by atoms with Crippen molar-refractivity contribution in [1.82, 2.24) is 20.4 Å². The Hall–Kier alpha value is -2.54. The van der Waals surface area contributed by atoms with Gasteiger partial charge in [-0.1, -0.05) is 12.1 Å². The van der Waals surface area contributed by atoms with Crippen LogP contribution >= 0.6 is 0 Å². The topological polar surface area (TPSA) is 95.2 Å². The van der Waals surface area contributed by atoms with Gasteiger partial charge in [-0.3, -0.25) is 20.0 Å². The number of likely N-dealkylation sites (tertiary alicyclic amines) is 1. The molecule has 1 aromatic heterocycles. The van der Waals surface area contributed by atoms with Gasteiger partial charge in [-0.15, -0.1) is 0 Å². The number of rotatable bonds is 6. The third-order valence-corrected chi connectivity index (χ3v) is 6.26. The molecule has 2 amide bonds. The second kappa shape index (κ2) is 8.45. The average Bonchev–Trinajstić information content (AvgIpc) is 3.11. The summed E-state index contributed by atoms with van der Waals surface area (Å²) < 4.78 is 0. The van der Waals surface area contributed by atoms with Gasteiger partial charge in [0.1, 0.15) is 5.78 Å². The maximum Gasteiger partial charge on any atom is 0.235 e. The van der Waals surface area contributed by atoms with Crippen molar-refractivity contribution in [1.29, 1.82) is 0 Å². The molecule has 0 bridgehead atoms. The van der Waals surface area contributed by atoms with Crippen molar-refractivity contribution in [2.75, 3.05) is 19.6 Å². The number of nitrogens with one attached hydrogen (secondary N) is 2. The van der Waals surface area contributed by atoms with E-state index in [2.05, 4.69) is 38.6 Å². The molecule has 29 heavy (non-hydrogen) atoms. The monoisotopic (exact) mass is 396 g/mol. The van der Waals surface area contributed by atoms with Crippen molar-refractivity contribution in [3.63, 3.8) is 0 Å². The molecule has 2 fully saturated rings. The molecular weight excluding hydrogens is 368 g/mol. The number of imide groups is 1. The number of aromatic amines is 1. The Morgan fingerprint density at radius 1 is 1.21 bits per heavy atom. The number of ketones is 1. The highest BCUT2D eigenvalue weighted by atomic mass is 16.2. The van der Waals surface area contributed by atoms with Gasteiger partial charge in [-0.05, 0) is 69.8 Å². The predicted molar refractivity (Wildman–Crippen MR) is 110 cm³/mol. The van der Waals surface area contributed by atoms with Crippen molar-refractivity contribution in [3.05, 3.63) is 29.5 Å². The van der Waals surface area contributed by atoms with E-state index in [1.165, 1.54) is 5.56 Å². The second-order valence-electron chi connectivity index (χ2n) is 8.34. The Kier molecular flexibility index (Phi) is 5.76. The number of hydrogen-bond acceptors (Lipinski definition) is 5. The Morgan fingerprint density at radius 3 is 2.72 bits per heavy atom. The van der Waals surface area contributed by atoms with E-state index in [-0.39, 0.29) is 23.5 Å². The number of hydrogen-bond donors (Lipinski definition) is 2. The third kappa shape index (κ3) is 4.40. The fourth-order valence-corrected chi connectivity index (χ4v) is 4.58. The molecule has 1 aromatic carbocycles. The van der Waals surface area contributed by atoms with E-state index in [9.17, 15) is 14.4 Å². The number of nitrogens with zero attached hydrogens (tertiary/aromatic N) is 2. The van der Waals surface area contributed by atoms with Gasteiger partial charge in [-0.2, -0.15) is 5.10 Å². The van der Waals surface area contributed by atoms with Crippen LogP contribution in [0.15, 0.2) is 18.2 Å². The number of carbonyl (C=O) groups is 3. The summed E-state index contributed by atoms with van der Waals surface area (Å²) in [6, 6.07) is 6.35. The van der Waals surface area contributed by atoms with Crippen LogP contribution < -0.4 is 5.32 Å². The lowest BCUT2D eigenvalue weighted by atomic mass is 9.88. The van der Waals surface area contributed by atoms with Gasteiger partial charge >= 0.3 is 0 Å². The zero-order chi connectivity index (χ0) is 20.4. The minimum Gasteiger partial charge on any atom is -0.303 e. The average molecular weight is 396 g/mol. The van der Waals surface area contributed by atoms with Gasteiger partial charge in [0, 0.05) is 18.2 Å². The molecule has 0 radical (unpaired) electrons. The second-order valence-corrected chi connectivity index (χ2v) is 8.34. The molecule has 154 valence electrons. The smallest absolute Gasteiger partial charge is 0.235 e. The molecule has 3 heterocycles. The third-order valence-electron chi connectivity index (χ3n) is 6.26. The highest BCUT2D eigenvalue weighted by Crippen LogP contribution is 2.33. The summed E-state index contributed by atoms with van der Waals surface area (Å²) in [5.41, 5.74) is 2.98. The molecule has 0 aliphatic carbocycles. The number of piperidine rings is 2. The van der Waals surface area contributed by atoms with Gasteiger partial charge in [0.05, 0.1) is 17.1 Å². The lowest BCUT2D eigenvalue weighted by Gasteiger charge is -2.32. The molecule has 2 aliphatic heterocycles. The first kappa shape index (κ1) is 19.8. The van der Waals surface area contributed by atoms with E-state index in [1.807, 2.05) is 0 Å². The SMILES string of the molecule is CC(=O)CCCN1CCC(c2ccc3c(C4CCC(=O)NC4=O)[nH]nc3c2)CC1. The van der Waals surface area contributed by atoms with E-state index >= 15 is 0 Å². The van der Waals surface area contributed by atoms with Crippen LogP contribution in [0, 0.1) is 0 Å². The molecule has 2 aliphatic rings. The van der Waals surface area contributed by atoms with Gasteiger partial charge in [0.15, 0.2) is 0 Å². The Morgan fingerprint density at radius 2 is 2.00 bits per heavy atom. The van der Waals surface area contributed by atoms with Crippen molar-refractivity contribution in [2.24, 2.45) is 0 Å². The molecule has 2 N–H and O–H groups in total. The molecule has 2 saturated heterocycles. The molecule has 7 heteroatoms. The summed E-state index contributed by atoms with van der Waals surface area (Å²) in [6.07, 6.45) is 4.71. The number of Topliss-reactive ketones (excluding diaryl/α,β-unsaturated/α-hetero) is 1. The summed E-state index contributed by atoms with van der Waals surface area (Å²) in [6.45, 7) is 4.77. The quantitative estimate of drug-likeness (QED) is 0.732. The summed E-state index contributed by atoms with van der Waals surface area (Å²) >= 11 is 0. The number of amides is 2. The molecule has 1 unspecified atom stereocenters. The Bertz CT molecular complexity index is 927. The summed E-state index contributed by atoms with van der Waals surface area (Å²) in [5.74, 6) is -0.0112. The minimum atomic E-state index is -0.346. The molecule has 0 saturated carbocycles. The predicted octanol–water partition coefficient (Wildman–Crippen LogP) is 2.63. The van der Waals surface area contributed by atoms with Crippen molar-refractivity contribution in [2.45, 2.75) is 57.3 Å². The van der Waals surface area contributed by atoms with Crippen molar-refractivity contribution < 1.29 is 14.4 Å². The van der Waals surface area contributed by atoms with Gasteiger partial charge in [0.25, 0.3) is 0 Å².